The largest absolute Gasteiger partial charge is 0.481 e. The highest BCUT2D eigenvalue weighted by Crippen LogP contribution is 2.18. The number of ether oxygens (including phenoxy) is 1. The van der Waals surface area contributed by atoms with Gasteiger partial charge >= 0.3 is 5.97 Å². The molecule has 0 saturated carbocycles. The molecule has 0 unspecified atom stereocenters. The number of aliphatic carboxylic acids is 1. The smallest absolute Gasteiger partial charge is 0.313 e. The summed E-state index contributed by atoms with van der Waals surface area (Å²) in [5.74, 6) is 0.0839. The molecule has 7 heteroatoms. The summed E-state index contributed by atoms with van der Waals surface area (Å²) in [5.41, 5.74) is 0. The number of hydrogen-bond donors (Lipinski definition) is 1. The van der Waals surface area contributed by atoms with E-state index in [9.17, 15) is 4.79 Å². The van der Waals surface area contributed by atoms with E-state index in [-0.39, 0.29) is 5.75 Å². The van der Waals surface area contributed by atoms with E-state index in [1.807, 2.05) is 4.57 Å². The molecular formula is C14H25N3O3S. The molecule has 21 heavy (non-hydrogen) atoms. The molecular weight excluding hydrogens is 290 g/mol. The predicted molar refractivity (Wildman–Crippen MR) is 82.7 cm³/mol. The molecule has 0 bridgehead atoms. The molecule has 1 rings (SSSR count). The number of unbranched alkanes of at least 4 members (excludes halogenated alkanes) is 4. The van der Waals surface area contributed by atoms with Crippen molar-refractivity contribution in [3.63, 3.8) is 0 Å². The molecule has 0 aliphatic rings. The lowest BCUT2D eigenvalue weighted by atomic mass is 10.1. The molecule has 0 amide bonds. The van der Waals surface area contributed by atoms with Gasteiger partial charge in [0.15, 0.2) is 5.16 Å². The summed E-state index contributed by atoms with van der Waals surface area (Å²) >= 11 is 1.21. The molecule has 1 aromatic heterocycles. The standard InChI is InChI=1S/C14H25N3O3S/c1-3-4-5-6-7-8-12-15-16-14(21-11-13(18)19)17(12)9-10-20-2/h3-11H2,1-2H3,(H,18,19). The normalized spacial score (nSPS) is 11.0. The predicted octanol–water partition coefficient (Wildman–Crippen LogP) is 2.61. The van der Waals surface area contributed by atoms with Crippen LogP contribution in [0.25, 0.3) is 0 Å². The monoisotopic (exact) mass is 315 g/mol. The Morgan fingerprint density at radius 3 is 2.71 bits per heavy atom. The highest BCUT2D eigenvalue weighted by molar-refractivity contribution is 7.99. The Kier molecular flexibility index (Phi) is 9.09. The average molecular weight is 315 g/mol. The number of aromatic nitrogens is 3. The molecule has 1 heterocycles. The van der Waals surface area contributed by atoms with Crippen molar-refractivity contribution in [2.45, 2.75) is 57.1 Å². The number of carbonyl (C=O) groups is 1. The van der Waals surface area contributed by atoms with Crippen LogP contribution in [0.1, 0.15) is 44.9 Å². The highest BCUT2D eigenvalue weighted by atomic mass is 32.2. The average Bonchev–Trinajstić information content (AvgIpc) is 2.85. The van der Waals surface area contributed by atoms with E-state index < -0.39 is 5.97 Å². The molecule has 0 radical (unpaired) electrons. The van der Waals surface area contributed by atoms with Crippen molar-refractivity contribution in [3.05, 3.63) is 5.82 Å². The van der Waals surface area contributed by atoms with E-state index in [1.165, 1.54) is 37.4 Å². The van der Waals surface area contributed by atoms with E-state index in [0.717, 1.165) is 18.7 Å². The summed E-state index contributed by atoms with van der Waals surface area (Å²) in [6, 6.07) is 0. The molecule has 120 valence electrons. The maximum atomic E-state index is 10.7. The van der Waals surface area contributed by atoms with Gasteiger partial charge in [-0.25, -0.2) is 0 Å². The van der Waals surface area contributed by atoms with Gasteiger partial charge in [-0.05, 0) is 6.42 Å². The second-order valence-corrected chi connectivity index (χ2v) is 5.83. The first-order valence-electron chi connectivity index (χ1n) is 7.44. The third-order valence-electron chi connectivity index (χ3n) is 3.14. The highest BCUT2D eigenvalue weighted by Gasteiger charge is 2.13. The fourth-order valence-corrected chi connectivity index (χ4v) is 2.73. The molecule has 1 aromatic rings. The number of hydrogen-bond acceptors (Lipinski definition) is 5. The van der Waals surface area contributed by atoms with Crippen LogP contribution in [-0.4, -0.2) is 45.3 Å². The van der Waals surface area contributed by atoms with Crippen molar-refractivity contribution in [3.8, 4) is 0 Å². The zero-order chi connectivity index (χ0) is 15.5. The van der Waals surface area contributed by atoms with Crippen LogP contribution < -0.4 is 0 Å². The number of nitrogens with zero attached hydrogens (tertiary/aromatic N) is 3. The Bertz CT molecular complexity index is 424. The van der Waals surface area contributed by atoms with Gasteiger partial charge < -0.3 is 14.4 Å². The van der Waals surface area contributed by atoms with Crippen molar-refractivity contribution < 1.29 is 14.6 Å². The van der Waals surface area contributed by atoms with Gasteiger partial charge in [-0.2, -0.15) is 0 Å². The minimum absolute atomic E-state index is 0.00160. The fourth-order valence-electron chi connectivity index (χ4n) is 2.03. The van der Waals surface area contributed by atoms with Crippen molar-refractivity contribution in [1.29, 1.82) is 0 Å². The van der Waals surface area contributed by atoms with E-state index in [1.54, 1.807) is 7.11 Å². The second-order valence-electron chi connectivity index (χ2n) is 4.89. The molecule has 0 aromatic carbocycles. The zero-order valence-electron chi connectivity index (χ0n) is 12.9. The van der Waals surface area contributed by atoms with Crippen LogP contribution >= 0.6 is 11.8 Å². The van der Waals surface area contributed by atoms with Gasteiger partial charge in [0, 0.05) is 20.1 Å². The Labute approximate surface area is 130 Å². The molecule has 0 aliphatic heterocycles. The van der Waals surface area contributed by atoms with Gasteiger partial charge in [0.1, 0.15) is 5.82 Å². The molecule has 0 atom stereocenters. The van der Waals surface area contributed by atoms with Crippen LogP contribution in [0.15, 0.2) is 5.16 Å². The Hall–Kier alpha value is -1.08. The Morgan fingerprint density at radius 2 is 2.05 bits per heavy atom. The van der Waals surface area contributed by atoms with Gasteiger partial charge in [0.25, 0.3) is 0 Å². The SMILES string of the molecule is CCCCCCCc1nnc(SCC(=O)O)n1CCOC. The number of methoxy groups -OCH3 is 1. The summed E-state index contributed by atoms with van der Waals surface area (Å²) in [7, 11) is 1.65. The number of aryl methyl sites for hydroxylation is 1. The molecule has 0 saturated heterocycles. The van der Waals surface area contributed by atoms with Gasteiger partial charge in [-0.15, -0.1) is 10.2 Å². The number of thioether (sulfide) groups is 1. The van der Waals surface area contributed by atoms with E-state index in [2.05, 4.69) is 17.1 Å². The third-order valence-corrected chi connectivity index (χ3v) is 4.09. The molecule has 0 aliphatic carbocycles. The van der Waals surface area contributed by atoms with E-state index in [4.69, 9.17) is 9.84 Å². The van der Waals surface area contributed by atoms with Gasteiger partial charge in [-0.3, -0.25) is 4.79 Å². The maximum absolute atomic E-state index is 10.7. The lowest BCUT2D eigenvalue weighted by Crippen LogP contribution is -2.10. The number of carboxylic acids is 1. The summed E-state index contributed by atoms with van der Waals surface area (Å²) in [4.78, 5) is 10.7. The van der Waals surface area contributed by atoms with Crippen molar-refractivity contribution in [1.82, 2.24) is 14.8 Å². The van der Waals surface area contributed by atoms with E-state index in [0.29, 0.717) is 18.3 Å². The first kappa shape index (κ1) is 18.0. The molecule has 0 spiro atoms. The number of carboxylic acid groups (broad SMARTS) is 1. The zero-order valence-corrected chi connectivity index (χ0v) is 13.7. The topological polar surface area (TPSA) is 77.2 Å². The minimum Gasteiger partial charge on any atom is -0.481 e. The lowest BCUT2D eigenvalue weighted by molar-refractivity contribution is -0.133. The quantitative estimate of drug-likeness (QED) is 0.472. The van der Waals surface area contributed by atoms with Crippen LogP contribution in [0.2, 0.25) is 0 Å². The van der Waals surface area contributed by atoms with Crippen LogP contribution in [-0.2, 0) is 22.5 Å². The second kappa shape index (κ2) is 10.6. The molecule has 1 N–H and O–H groups in total. The molecule has 6 nitrogen and oxygen atoms in total. The Balaban J connectivity index is 2.57. The number of rotatable bonds is 12. The molecule has 0 fully saturated rings. The summed E-state index contributed by atoms with van der Waals surface area (Å²) in [6.07, 6.45) is 6.94. The van der Waals surface area contributed by atoms with Crippen LogP contribution in [0.5, 0.6) is 0 Å². The summed E-state index contributed by atoms with van der Waals surface area (Å²) < 4.78 is 7.09. The maximum Gasteiger partial charge on any atom is 0.313 e. The van der Waals surface area contributed by atoms with Crippen LogP contribution in [0.4, 0.5) is 0 Å². The van der Waals surface area contributed by atoms with Crippen molar-refractivity contribution >= 4 is 17.7 Å². The lowest BCUT2D eigenvalue weighted by Gasteiger charge is -2.09. The fraction of sp³-hybridized carbons (Fsp3) is 0.786. The van der Waals surface area contributed by atoms with E-state index >= 15 is 0 Å². The first-order chi connectivity index (χ1) is 10.2. The van der Waals surface area contributed by atoms with Crippen molar-refractivity contribution in [2.75, 3.05) is 19.5 Å². The minimum atomic E-state index is -0.845. The Morgan fingerprint density at radius 1 is 1.29 bits per heavy atom. The summed E-state index contributed by atoms with van der Waals surface area (Å²) in [5, 5.41) is 17.8. The van der Waals surface area contributed by atoms with Crippen LogP contribution in [0, 0.1) is 0 Å². The first-order valence-corrected chi connectivity index (χ1v) is 8.43. The third kappa shape index (κ3) is 6.95. The van der Waals surface area contributed by atoms with Gasteiger partial charge in [0.2, 0.25) is 0 Å². The van der Waals surface area contributed by atoms with Crippen molar-refractivity contribution in [2.24, 2.45) is 0 Å². The summed E-state index contributed by atoms with van der Waals surface area (Å²) in [6.45, 7) is 3.44. The van der Waals surface area contributed by atoms with Gasteiger partial charge in [0.05, 0.1) is 12.4 Å². The van der Waals surface area contributed by atoms with Gasteiger partial charge in [-0.1, -0.05) is 44.4 Å². The van der Waals surface area contributed by atoms with Crippen LogP contribution in [0.3, 0.4) is 0 Å².